The number of carbonyl (C=O) groups is 2. The summed E-state index contributed by atoms with van der Waals surface area (Å²) in [5.41, 5.74) is 1.08. The molecule has 1 aliphatic heterocycles. The molecule has 2 atom stereocenters. The lowest BCUT2D eigenvalue weighted by Gasteiger charge is -2.30. The van der Waals surface area contributed by atoms with Gasteiger partial charge in [-0.2, -0.15) is 13.2 Å². The zero-order chi connectivity index (χ0) is 27.5. The van der Waals surface area contributed by atoms with E-state index in [2.05, 4.69) is 5.32 Å². The number of alkyl halides is 3. The summed E-state index contributed by atoms with van der Waals surface area (Å²) in [4.78, 5) is 27.3. The van der Waals surface area contributed by atoms with Gasteiger partial charge in [-0.15, -0.1) is 0 Å². The Morgan fingerprint density at radius 2 is 1.86 bits per heavy atom. The summed E-state index contributed by atoms with van der Waals surface area (Å²) < 4.78 is 52.5. The number of ether oxygens (including phenoxy) is 2. The summed E-state index contributed by atoms with van der Waals surface area (Å²) in [6.07, 6.45) is -4.20. The number of amides is 1. The van der Waals surface area contributed by atoms with Gasteiger partial charge < -0.3 is 19.7 Å². The van der Waals surface area contributed by atoms with Crippen LogP contribution in [0.3, 0.4) is 0 Å². The minimum atomic E-state index is -4.61. The number of benzene rings is 2. The molecule has 0 spiro atoms. The van der Waals surface area contributed by atoms with Crippen molar-refractivity contribution in [3.63, 3.8) is 0 Å². The first-order valence-corrected chi connectivity index (χ1v) is 12.4. The maximum absolute atomic E-state index is 13.9. The van der Waals surface area contributed by atoms with Crippen LogP contribution in [-0.4, -0.2) is 43.9 Å². The summed E-state index contributed by atoms with van der Waals surface area (Å²) in [7, 11) is 1.82. The molecule has 2 aromatic carbocycles. The molecule has 6 nitrogen and oxygen atoms in total. The van der Waals surface area contributed by atoms with Crippen molar-refractivity contribution in [1.29, 1.82) is 0 Å². The Morgan fingerprint density at radius 3 is 2.51 bits per heavy atom. The number of fused-ring (bicyclic) bond motifs is 1. The van der Waals surface area contributed by atoms with Crippen LogP contribution in [0.25, 0.3) is 0 Å². The zero-order valence-electron chi connectivity index (χ0n) is 21.5. The molecule has 0 radical (unpaired) electrons. The van der Waals surface area contributed by atoms with E-state index >= 15 is 0 Å². The monoisotopic (exact) mass is 540 g/mol. The molecule has 1 heterocycles. The number of aryl methyl sites for hydroxylation is 1. The lowest BCUT2D eigenvalue weighted by molar-refractivity contribution is -0.178. The zero-order valence-corrected chi connectivity index (χ0v) is 22.3. The number of anilines is 2. The van der Waals surface area contributed by atoms with E-state index in [-0.39, 0.29) is 28.7 Å². The van der Waals surface area contributed by atoms with Crippen LogP contribution < -0.4 is 15.0 Å². The topological polar surface area (TPSA) is 67.9 Å². The minimum absolute atomic E-state index is 0.102. The molecule has 37 heavy (non-hydrogen) atoms. The second-order valence-corrected chi connectivity index (χ2v) is 10.6. The van der Waals surface area contributed by atoms with Crippen molar-refractivity contribution < 1.29 is 32.2 Å². The van der Waals surface area contributed by atoms with Crippen LogP contribution in [0.4, 0.5) is 24.5 Å². The second kappa shape index (κ2) is 11.2. The van der Waals surface area contributed by atoms with E-state index < -0.39 is 29.5 Å². The van der Waals surface area contributed by atoms with Crippen molar-refractivity contribution in [2.45, 2.75) is 58.2 Å². The van der Waals surface area contributed by atoms with E-state index in [1.165, 1.54) is 12.1 Å². The predicted octanol–water partition coefficient (Wildman–Crippen LogP) is 6.36. The van der Waals surface area contributed by atoms with Crippen LogP contribution in [0, 0.1) is 5.92 Å². The van der Waals surface area contributed by atoms with Gasteiger partial charge in [0.05, 0.1) is 34.8 Å². The average molecular weight is 541 g/mol. The van der Waals surface area contributed by atoms with Crippen LogP contribution in [0.15, 0.2) is 36.4 Å². The Balaban J connectivity index is 1.85. The number of rotatable bonds is 7. The molecule has 2 aromatic rings. The summed E-state index contributed by atoms with van der Waals surface area (Å²) >= 11 is 6.27. The number of nitrogens with one attached hydrogen (secondary N) is 1. The normalized spacial score (nSPS) is 15.3. The molecule has 1 amide bonds. The van der Waals surface area contributed by atoms with Crippen LogP contribution in [0.5, 0.6) is 5.75 Å². The predicted molar refractivity (Wildman–Crippen MR) is 137 cm³/mol. The van der Waals surface area contributed by atoms with Crippen LogP contribution in [-0.2, 0) is 20.7 Å². The molecule has 10 heteroatoms. The molecule has 202 valence electrons. The van der Waals surface area contributed by atoms with Gasteiger partial charge in [-0.1, -0.05) is 30.7 Å². The number of halogens is 4. The second-order valence-electron chi connectivity index (χ2n) is 10.2. The summed E-state index contributed by atoms with van der Waals surface area (Å²) in [5.74, 6) is -4.16. The van der Waals surface area contributed by atoms with Crippen molar-refractivity contribution in [2.24, 2.45) is 5.92 Å². The summed E-state index contributed by atoms with van der Waals surface area (Å²) in [6.45, 7) is 7.34. The van der Waals surface area contributed by atoms with Gasteiger partial charge in [0.1, 0.15) is 18.0 Å². The largest absolute Gasteiger partial charge is 0.490 e. The van der Waals surface area contributed by atoms with E-state index in [0.717, 1.165) is 6.92 Å². The fourth-order valence-electron chi connectivity index (χ4n) is 4.09. The van der Waals surface area contributed by atoms with E-state index in [1.807, 2.05) is 11.9 Å². The SMILES string of the molecule is C[C@H]([C@H](C(=O)Nc1cc(CCC(=O)OC(C)(C)C)ccc1Cl)c1ccc2c(c1)N(C)CCO2)C(F)(F)F. The first-order valence-electron chi connectivity index (χ1n) is 12.0. The van der Waals surface area contributed by atoms with Crippen molar-refractivity contribution in [3.8, 4) is 5.75 Å². The molecular weight excluding hydrogens is 509 g/mol. The highest BCUT2D eigenvalue weighted by atomic mass is 35.5. The van der Waals surface area contributed by atoms with E-state index in [4.69, 9.17) is 21.1 Å². The molecule has 0 bridgehead atoms. The highest BCUT2D eigenvalue weighted by Crippen LogP contribution is 2.41. The van der Waals surface area contributed by atoms with Crippen molar-refractivity contribution in [2.75, 3.05) is 30.4 Å². The molecule has 0 saturated heterocycles. The minimum Gasteiger partial charge on any atom is -0.490 e. The molecule has 0 fully saturated rings. The molecule has 0 aromatic heterocycles. The highest BCUT2D eigenvalue weighted by Gasteiger charge is 2.45. The third kappa shape index (κ3) is 7.53. The first-order chi connectivity index (χ1) is 17.2. The standard InChI is InChI=1S/C27H32ClF3N2O4/c1-16(27(29,30)31)24(18-8-10-22-21(15-18)33(5)12-13-36-22)25(35)32-20-14-17(6-9-19(20)28)7-11-23(34)37-26(2,3)4/h6,8-10,14-16,24H,7,11-13H2,1-5H3,(H,32,35)/t16-,24+/m1/s1. The number of hydrogen-bond acceptors (Lipinski definition) is 5. The third-order valence-corrected chi connectivity index (χ3v) is 6.39. The molecule has 0 unspecified atom stereocenters. The van der Waals surface area contributed by atoms with Crippen molar-refractivity contribution in [1.82, 2.24) is 0 Å². The van der Waals surface area contributed by atoms with Crippen LogP contribution >= 0.6 is 11.6 Å². The van der Waals surface area contributed by atoms with E-state index in [9.17, 15) is 22.8 Å². The van der Waals surface area contributed by atoms with Gasteiger partial charge >= 0.3 is 12.1 Å². The molecule has 0 saturated carbocycles. The highest BCUT2D eigenvalue weighted by molar-refractivity contribution is 6.33. The maximum Gasteiger partial charge on any atom is 0.392 e. The lowest BCUT2D eigenvalue weighted by Crippen LogP contribution is -2.35. The van der Waals surface area contributed by atoms with Crippen molar-refractivity contribution in [3.05, 3.63) is 52.5 Å². The average Bonchev–Trinajstić information content (AvgIpc) is 2.78. The first kappa shape index (κ1) is 28.6. The quantitative estimate of drug-likeness (QED) is 0.414. The fraction of sp³-hybridized carbons (Fsp3) is 0.481. The Bertz CT molecular complexity index is 1150. The van der Waals surface area contributed by atoms with Gasteiger partial charge in [0.15, 0.2) is 0 Å². The molecule has 1 aliphatic rings. The van der Waals surface area contributed by atoms with Crippen molar-refractivity contribution >= 4 is 34.9 Å². The fourth-order valence-corrected chi connectivity index (χ4v) is 4.26. The Morgan fingerprint density at radius 1 is 1.16 bits per heavy atom. The van der Waals surface area contributed by atoms with Crippen LogP contribution in [0.1, 0.15) is 51.2 Å². The van der Waals surface area contributed by atoms with Gasteiger partial charge in [0.25, 0.3) is 0 Å². The molecule has 1 N–H and O–H groups in total. The Kier molecular flexibility index (Phi) is 8.67. The Labute approximate surface area is 220 Å². The number of likely N-dealkylation sites (N-methyl/N-ethyl adjacent to an activating group) is 1. The van der Waals surface area contributed by atoms with Gasteiger partial charge in [0.2, 0.25) is 5.91 Å². The van der Waals surface area contributed by atoms with Gasteiger partial charge in [-0.3, -0.25) is 9.59 Å². The molecule has 3 rings (SSSR count). The van der Waals surface area contributed by atoms with Gasteiger partial charge in [-0.05, 0) is 62.6 Å². The van der Waals surface area contributed by atoms with Crippen LogP contribution in [0.2, 0.25) is 5.02 Å². The number of esters is 1. The lowest BCUT2D eigenvalue weighted by atomic mass is 9.85. The van der Waals surface area contributed by atoms with Gasteiger partial charge in [0, 0.05) is 13.5 Å². The van der Waals surface area contributed by atoms with E-state index in [1.54, 1.807) is 45.0 Å². The maximum atomic E-state index is 13.9. The molecular formula is C27H32ClF3N2O4. The Hall–Kier alpha value is -2.94. The van der Waals surface area contributed by atoms with E-state index in [0.29, 0.717) is 36.6 Å². The smallest absolute Gasteiger partial charge is 0.392 e. The molecule has 0 aliphatic carbocycles. The number of hydrogen-bond donors (Lipinski definition) is 1. The third-order valence-electron chi connectivity index (χ3n) is 6.06. The van der Waals surface area contributed by atoms with Gasteiger partial charge in [-0.25, -0.2) is 0 Å². The number of nitrogens with zero attached hydrogens (tertiary/aromatic N) is 1. The summed E-state index contributed by atoms with van der Waals surface area (Å²) in [5, 5.41) is 2.76. The number of carbonyl (C=O) groups excluding carboxylic acids is 2. The summed E-state index contributed by atoms with van der Waals surface area (Å²) in [6, 6.07) is 9.44.